The standard InChI is InChI=1S/C17H12Cl2N4O3S/c1-2-22-16(13-5-3-11(18)8-14(13)19)20-21-17(22)27-15-6-4-12(23(25)26)7-10(15)9-24/h3-9H,2H2,1H3. The molecule has 0 saturated heterocycles. The number of nitrogens with zero attached hydrogens (tertiary/aromatic N) is 4. The van der Waals surface area contributed by atoms with Gasteiger partial charge in [0.2, 0.25) is 0 Å². The van der Waals surface area contributed by atoms with E-state index < -0.39 is 4.92 Å². The fourth-order valence-corrected chi connectivity index (χ4v) is 3.91. The zero-order chi connectivity index (χ0) is 19.6. The zero-order valence-corrected chi connectivity index (χ0v) is 16.3. The van der Waals surface area contributed by atoms with Crippen LogP contribution in [0.3, 0.4) is 0 Å². The molecule has 3 aromatic rings. The molecule has 3 rings (SSSR count). The van der Waals surface area contributed by atoms with Crippen molar-refractivity contribution in [3.63, 3.8) is 0 Å². The highest BCUT2D eigenvalue weighted by molar-refractivity contribution is 7.99. The minimum Gasteiger partial charge on any atom is -0.302 e. The van der Waals surface area contributed by atoms with Crippen LogP contribution in [0.15, 0.2) is 46.5 Å². The van der Waals surface area contributed by atoms with Gasteiger partial charge in [-0.25, -0.2) is 0 Å². The molecule has 0 fully saturated rings. The molecule has 1 heterocycles. The van der Waals surface area contributed by atoms with E-state index in [1.807, 2.05) is 11.5 Å². The minimum atomic E-state index is -0.545. The van der Waals surface area contributed by atoms with Crippen molar-refractivity contribution in [3.05, 3.63) is 62.1 Å². The Morgan fingerprint density at radius 2 is 2.00 bits per heavy atom. The number of hydrogen-bond acceptors (Lipinski definition) is 6. The van der Waals surface area contributed by atoms with Gasteiger partial charge in [-0.05, 0) is 43.0 Å². The minimum absolute atomic E-state index is 0.146. The molecule has 10 heteroatoms. The molecule has 0 unspecified atom stereocenters. The smallest absolute Gasteiger partial charge is 0.270 e. The molecule has 0 saturated carbocycles. The van der Waals surface area contributed by atoms with Gasteiger partial charge in [-0.1, -0.05) is 23.2 Å². The van der Waals surface area contributed by atoms with Crippen LogP contribution in [0.4, 0.5) is 5.69 Å². The number of aromatic nitrogens is 3. The topological polar surface area (TPSA) is 90.9 Å². The number of hydrogen-bond donors (Lipinski definition) is 0. The molecular formula is C17H12Cl2N4O3S. The second-order valence-corrected chi connectivity index (χ2v) is 7.23. The van der Waals surface area contributed by atoms with Gasteiger partial charge in [0.05, 0.1) is 9.95 Å². The molecule has 0 aliphatic rings. The van der Waals surface area contributed by atoms with Gasteiger partial charge in [-0.3, -0.25) is 14.9 Å². The summed E-state index contributed by atoms with van der Waals surface area (Å²) in [6, 6.07) is 9.21. The van der Waals surface area contributed by atoms with E-state index in [4.69, 9.17) is 23.2 Å². The molecule has 0 N–H and O–H groups in total. The lowest BCUT2D eigenvalue weighted by Gasteiger charge is -2.09. The molecule has 0 amide bonds. The Labute approximate surface area is 168 Å². The third-order valence-corrected chi connectivity index (χ3v) is 5.36. The molecule has 2 aromatic carbocycles. The Morgan fingerprint density at radius 3 is 2.63 bits per heavy atom. The van der Waals surface area contributed by atoms with Gasteiger partial charge in [0.25, 0.3) is 5.69 Å². The molecule has 0 aliphatic carbocycles. The average molecular weight is 423 g/mol. The first-order chi connectivity index (χ1) is 12.9. The molecule has 0 atom stereocenters. The fraction of sp³-hybridized carbons (Fsp3) is 0.118. The van der Waals surface area contributed by atoms with Crippen LogP contribution in [0, 0.1) is 10.1 Å². The van der Waals surface area contributed by atoms with E-state index in [0.717, 1.165) is 0 Å². The number of halogens is 2. The molecular weight excluding hydrogens is 411 g/mol. The van der Waals surface area contributed by atoms with Crippen molar-refractivity contribution in [2.45, 2.75) is 23.5 Å². The highest BCUT2D eigenvalue weighted by Gasteiger charge is 2.18. The SMILES string of the molecule is CCn1c(Sc2ccc([N+](=O)[O-])cc2C=O)nnc1-c1ccc(Cl)cc1Cl. The summed E-state index contributed by atoms with van der Waals surface area (Å²) < 4.78 is 1.84. The Morgan fingerprint density at radius 1 is 1.22 bits per heavy atom. The van der Waals surface area contributed by atoms with Crippen molar-refractivity contribution < 1.29 is 9.72 Å². The van der Waals surface area contributed by atoms with Crippen LogP contribution in [0.1, 0.15) is 17.3 Å². The van der Waals surface area contributed by atoms with Crippen molar-refractivity contribution in [1.29, 1.82) is 0 Å². The van der Waals surface area contributed by atoms with Crippen LogP contribution in [-0.4, -0.2) is 26.0 Å². The molecule has 1 aromatic heterocycles. The van der Waals surface area contributed by atoms with Crippen LogP contribution in [0.2, 0.25) is 10.0 Å². The summed E-state index contributed by atoms with van der Waals surface area (Å²) in [6.45, 7) is 2.49. The van der Waals surface area contributed by atoms with E-state index in [1.54, 1.807) is 18.2 Å². The number of carbonyl (C=O) groups excluding carboxylic acids is 1. The Balaban J connectivity index is 2.01. The van der Waals surface area contributed by atoms with Gasteiger partial charge in [0.15, 0.2) is 17.3 Å². The van der Waals surface area contributed by atoms with Crippen molar-refractivity contribution in [3.8, 4) is 11.4 Å². The molecule has 0 bridgehead atoms. The summed E-state index contributed by atoms with van der Waals surface area (Å²) in [4.78, 5) is 22.2. The summed E-state index contributed by atoms with van der Waals surface area (Å²) in [5.74, 6) is 0.566. The maximum atomic E-state index is 11.3. The first-order valence-electron chi connectivity index (χ1n) is 7.74. The second kappa shape index (κ2) is 8.08. The first kappa shape index (κ1) is 19.3. The number of rotatable bonds is 6. The van der Waals surface area contributed by atoms with Crippen LogP contribution < -0.4 is 0 Å². The van der Waals surface area contributed by atoms with Gasteiger partial charge in [0, 0.05) is 39.7 Å². The highest BCUT2D eigenvalue weighted by atomic mass is 35.5. The van der Waals surface area contributed by atoms with Crippen LogP contribution in [-0.2, 0) is 6.54 Å². The molecule has 27 heavy (non-hydrogen) atoms. The van der Waals surface area contributed by atoms with E-state index in [1.165, 1.54) is 30.0 Å². The van der Waals surface area contributed by atoms with Crippen LogP contribution in [0.25, 0.3) is 11.4 Å². The number of benzene rings is 2. The summed E-state index contributed by atoms with van der Waals surface area (Å²) in [6.07, 6.45) is 0.582. The average Bonchev–Trinajstić information content (AvgIpc) is 3.04. The number of carbonyl (C=O) groups is 1. The zero-order valence-electron chi connectivity index (χ0n) is 13.9. The third kappa shape index (κ3) is 3.97. The van der Waals surface area contributed by atoms with Crippen LogP contribution in [0.5, 0.6) is 0 Å². The Kier molecular flexibility index (Phi) is 5.79. The van der Waals surface area contributed by atoms with E-state index in [9.17, 15) is 14.9 Å². The van der Waals surface area contributed by atoms with Crippen molar-refractivity contribution in [2.24, 2.45) is 0 Å². The number of nitro benzene ring substituents is 1. The van der Waals surface area contributed by atoms with E-state index >= 15 is 0 Å². The predicted molar refractivity (Wildman–Crippen MR) is 104 cm³/mol. The van der Waals surface area contributed by atoms with Crippen molar-refractivity contribution >= 4 is 46.9 Å². The van der Waals surface area contributed by atoms with Crippen molar-refractivity contribution in [1.82, 2.24) is 14.8 Å². The third-order valence-electron chi connectivity index (χ3n) is 3.74. The molecule has 0 aliphatic heterocycles. The van der Waals surface area contributed by atoms with Crippen LogP contribution >= 0.6 is 35.0 Å². The maximum Gasteiger partial charge on any atom is 0.270 e. The van der Waals surface area contributed by atoms with Crippen molar-refractivity contribution in [2.75, 3.05) is 0 Å². The first-order valence-corrected chi connectivity index (χ1v) is 9.32. The molecule has 0 spiro atoms. The molecule has 0 radical (unpaired) electrons. The lowest BCUT2D eigenvalue weighted by Crippen LogP contribution is -2.00. The van der Waals surface area contributed by atoms with Gasteiger partial charge in [-0.2, -0.15) is 0 Å². The maximum absolute atomic E-state index is 11.3. The summed E-state index contributed by atoms with van der Waals surface area (Å²) in [7, 11) is 0. The normalized spacial score (nSPS) is 10.8. The van der Waals surface area contributed by atoms with E-state index in [0.29, 0.717) is 44.3 Å². The monoisotopic (exact) mass is 422 g/mol. The predicted octanol–water partition coefficient (Wildman–Crippen LogP) is 5.14. The summed E-state index contributed by atoms with van der Waals surface area (Å²) >= 11 is 13.4. The molecule has 138 valence electrons. The number of non-ortho nitro benzene ring substituents is 1. The second-order valence-electron chi connectivity index (χ2n) is 5.37. The lowest BCUT2D eigenvalue weighted by atomic mass is 10.2. The summed E-state index contributed by atoms with van der Waals surface area (Å²) in [5.41, 5.74) is 0.750. The van der Waals surface area contributed by atoms with Gasteiger partial charge >= 0.3 is 0 Å². The van der Waals surface area contributed by atoms with Gasteiger partial charge in [-0.15, -0.1) is 10.2 Å². The van der Waals surface area contributed by atoms with Gasteiger partial charge in [0.1, 0.15) is 0 Å². The highest BCUT2D eigenvalue weighted by Crippen LogP contribution is 2.35. The Bertz CT molecular complexity index is 1040. The fourth-order valence-electron chi connectivity index (χ4n) is 2.45. The van der Waals surface area contributed by atoms with E-state index in [-0.39, 0.29) is 11.3 Å². The van der Waals surface area contributed by atoms with Gasteiger partial charge < -0.3 is 4.57 Å². The Hall–Kier alpha value is -2.42. The number of nitro groups is 1. The quantitative estimate of drug-likeness (QED) is 0.310. The number of aldehydes is 1. The summed E-state index contributed by atoms with van der Waals surface area (Å²) in [5, 5.41) is 20.8. The van der Waals surface area contributed by atoms with E-state index in [2.05, 4.69) is 10.2 Å². The molecule has 7 nitrogen and oxygen atoms in total. The largest absolute Gasteiger partial charge is 0.302 e. The lowest BCUT2D eigenvalue weighted by molar-refractivity contribution is -0.384.